The molecule has 24 heavy (non-hydrogen) atoms. The average molecular weight is 431 g/mol. The van der Waals surface area contributed by atoms with Crippen molar-refractivity contribution in [2.75, 3.05) is 7.11 Å². The van der Waals surface area contributed by atoms with Gasteiger partial charge in [-0.2, -0.15) is 0 Å². The fraction of sp³-hybridized carbons (Fsp3) is 0.889. The van der Waals surface area contributed by atoms with Crippen LogP contribution in [-0.2, 0) is 4.74 Å². The molecule has 6 heteroatoms. The van der Waals surface area contributed by atoms with Crippen LogP contribution in [0.2, 0.25) is 0 Å². The summed E-state index contributed by atoms with van der Waals surface area (Å²) >= 11 is 33.1. The van der Waals surface area contributed by atoms with Crippen LogP contribution in [0.25, 0.3) is 0 Å². The van der Waals surface area contributed by atoms with Crippen LogP contribution in [0, 0.1) is 22.2 Å². The Hall–Kier alpha value is 1.15. The summed E-state index contributed by atoms with van der Waals surface area (Å²) in [6.45, 7) is 0. The second kappa shape index (κ2) is 4.76. The first-order valence-electron chi connectivity index (χ1n) is 8.81. The van der Waals surface area contributed by atoms with E-state index in [1.165, 1.54) is 24.8 Å². The van der Waals surface area contributed by atoms with Crippen LogP contribution in [0.5, 0.6) is 0 Å². The molecule has 6 atom stereocenters. The molecule has 0 saturated heterocycles. The lowest BCUT2D eigenvalue weighted by Crippen LogP contribution is -2.42. The Bertz CT molecular complexity index is 647. The predicted molar refractivity (Wildman–Crippen MR) is 101 cm³/mol. The van der Waals surface area contributed by atoms with Crippen molar-refractivity contribution in [1.82, 2.24) is 0 Å². The van der Waals surface area contributed by atoms with Gasteiger partial charge in [-0.25, -0.2) is 0 Å². The van der Waals surface area contributed by atoms with Crippen LogP contribution < -0.4 is 0 Å². The number of methoxy groups -OCH3 is 1. The number of ether oxygens (including phenoxy) is 1. The molecule has 0 aromatic heterocycles. The van der Waals surface area contributed by atoms with E-state index < -0.39 is 9.93 Å². The number of hydrogen-bond donors (Lipinski definition) is 0. The molecular formula is C18H21Cl5O. The highest BCUT2D eigenvalue weighted by Gasteiger charge is 2.90. The fourth-order valence-electron chi connectivity index (χ4n) is 7.26. The lowest BCUT2D eigenvalue weighted by atomic mass is 9.65. The lowest BCUT2D eigenvalue weighted by Gasteiger charge is -2.44. The number of allylic oxidation sites excluding steroid dienone is 1. The molecule has 2 bridgehead atoms. The van der Waals surface area contributed by atoms with E-state index in [0.29, 0.717) is 5.92 Å². The number of hydrogen-bond acceptors (Lipinski definition) is 1. The molecule has 2 spiro atoms. The number of alkyl halides is 5. The van der Waals surface area contributed by atoms with Crippen LogP contribution >= 0.6 is 58.0 Å². The summed E-state index contributed by atoms with van der Waals surface area (Å²) in [5.74, 6) is 0.551. The van der Waals surface area contributed by atoms with Crippen molar-refractivity contribution in [3.63, 3.8) is 0 Å². The topological polar surface area (TPSA) is 9.23 Å². The van der Waals surface area contributed by atoms with Gasteiger partial charge in [-0.3, -0.25) is 0 Å². The maximum absolute atomic E-state index is 6.63. The summed E-state index contributed by atoms with van der Waals surface area (Å²) < 4.78 is 5.17. The molecule has 0 N–H and O–H groups in total. The summed E-state index contributed by atoms with van der Waals surface area (Å²) in [5.41, 5.74) is 0.539. The van der Waals surface area contributed by atoms with Gasteiger partial charge >= 0.3 is 0 Å². The van der Waals surface area contributed by atoms with Crippen molar-refractivity contribution >= 4 is 58.0 Å². The van der Waals surface area contributed by atoms with Crippen molar-refractivity contribution in [3.05, 3.63) is 11.6 Å². The van der Waals surface area contributed by atoms with Gasteiger partial charge in [-0.05, 0) is 43.4 Å². The second-order valence-corrected chi connectivity index (χ2v) is 11.6. The molecule has 4 fully saturated rings. The van der Waals surface area contributed by atoms with E-state index in [4.69, 9.17) is 62.7 Å². The van der Waals surface area contributed by atoms with Crippen molar-refractivity contribution in [2.45, 2.75) is 65.1 Å². The summed E-state index contributed by atoms with van der Waals surface area (Å²) in [7, 11) is 1.76. The van der Waals surface area contributed by atoms with E-state index in [1.54, 1.807) is 7.11 Å². The summed E-state index contributed by atoms with van der Waals surface area (Å²) in [6.07, 6.45) is 10.00. The largest absolute Gasteiger partial charge is 0.373 e. The highest BCUT2D eigenvalue weighted by molar-refractivity contribution is 6.57. The SMILES string of the molecule is CO[C@]12C=C3[C@](C[C@H]4CCCC[C@@]34C(Cl)Cl)(C[C@@]13[C@H](Cl)C3(Cl)Cl)C2. The average Bonchev–Trinajstić information content (AvgIpc) is 2.95. The first-order valence-corrected chi connectivity index (χ1v) is 10.9. The Kier molecular flexibility index (Phi) is 3.42. The van der Waals surface area contributed by atoms with Gasteiger partial charge in [0.2, 0.25) is 0 Å². The van der Waals surface area contributed by atoms with E-state index in [2.05, 4.69) is 6.08 Å². The van der Waals surface area contributed by atoms with Crippen molar-refractivity contribution in [1.29, 1.82) is 0 Å². The molecule has 4 saturated carbocycles. The molecule has 0 aliphatic heterocycles. The van der Waals surface area contributed by atoms with Gasteiger partial charge in [-0.15, -0.1) is 34.8 Å². The van der Waals surface area contributed by atoms with Gasteiger partial charge in [0.05, 0.1) is 16.4 Å². The van der Waals surface area contributed by atoms with E-state index in [9.17, 15) is 0 Å². The van der Waals surface area contributed by atoms with Crippen LogP contribution in [-0.4, -0.2) is 27.3 Å². The molecule has 5 aliphatic carbocycles. The van der Waals surface area contributed by atoms with Gasteiger partial charge in [0.15, 0.2) is 0 Å². The Labute approximate surface area is 168 Å². The van der Waals surface area contributed by atoms with Gasteiger partial charge in [-0.1, -0.05) is 47.7 Å². The molecule has 0 unspecified atom stereocenters. The quantitative estimate of drug-likeness (QED) is 0.371. The first kappa shape index (κ1) is 17.3. The standard InChI is InChI=1S/C18H21Cl5O/c1-24-15-7-11-14(8-15,9-17(15)12(19)18(17,22)23)6-10-4-2-3-5-16(10,11)13(20)21/h7,10,12-13H,2-6,8-9H2,1H3/t10-,12+,14+,15+,16+,17-/m1/s1. The smallest absolute Gasteiger partial charge is 0.145 e. The maximum Gasteiger partial charge on any atom is 0.145 e. The van der Waals surface area contributed by atoms with Crippen LogP contribution in [0.1, 0.15) is 44.9 Å². The molecule has 5 aliphatic rings. The van der Waals surface area contributed by atoms with E-state index in [1.807, 2.05) is 0 Å². The Morgan fingerprint density at radius 3 is 2.50 bits per heavy atom. The predicted octanol–water partition coefficient (Wildman–Crippen LogP) is 6.26. The zero-order valence-corrected chi connectivity index (χ0v) is 17.3. The molecule has 0 radical (unpaired) electrons. The summed E-state index contributed by atoms with van der Waals surface area (Å²) in [4.78, 5) is -0.375. The molecule has 0 aromatic carbocycles. The first-order chi connectivity index (χ1) is 11.2. The van der Waals surface area contributed by atoms with Crippen molar-refractivity contribution < 1.29 is 4.74 Å². The molecule has 1 nitrogen and oxygen atoms in total. The monoisotopic (exact) mass is 428 g/mol. The van der Waals surface area contributed by atoms with E-state index in [0.717, 1.165) is 25.7 Å². The maximum atomic E-state index is 6.63. The van der Waals surface area contributed by atoms with Gasteiger partial charge in [0.25, 0.3) is 0 Å². The Morgan fingerprint density at radius 2 is 1.92 bits per heavy atom. The zero-order chi connectivity index (χ0) is 17.2. The third kappa shape index (κ3) is 1.53. The number of rotatable bonds is 2. The Morgan fingerprint density at radius 1 is 1.21 bits per heavy atom. The third-order valence-electron chi connectivity index (χ3n) is 8.20. The van der Waals surface area contributed by atoms with Gasteiger partial charge < -0.3 is 4.74 Å². The van der Waals surface area contributed by atoms with Crippen LogP contribution in [0.15, 0.2) is 11.6 Å². The lowest BCUT2D eigenvalue weighted by molar-refractivity contribution is -0.0113. The third-order valence-corrected chi connectivity index (χ3v) is 11.0. The number of fused-ring (bicyclic) bond motifs is 4. The van der Waals surface area contributed by atoms with E-state index in [-0.39, 0.29) is 26.5 Å². The molecule has 0 heterocycles. The molecule has 0 amide bonds. The molecule has 134 valence electrons. The van der Waals surface area contributed by atoms with Crippen LogP contribution in [0.3, 0.4) is 0 Å². The minimum Gasteiger partial charge on any atom is -0.373 e. The zero-order valence-electron chi connectivity index (χ0n) is 13.6. The fourth-order valence-corrected chi connectivity index (χ4v) is 9.68. The highest BCUT2D eigenvalue weighted by Crippen LogP contribution is 2.88. The minimum absolute atomic E-state index is 0.0612. The van der Waals surface area contributed by atoms with Crippen LogP contribution in [0.4, 0.5) is 0 Å². The van der Waals surface area contributed by atoms with Crippen molar-refractivity contribution in [3.8, 4) is 0 Å². The summed E-state index contributed by atoms with van der Waals surface area (Å²) in [5, 5.41) is -0.271. The number of halogens is 5. The minimum atomic E-state index is -0.918. The summed E-state index contributed by atoms with van der Waals surface area (Å²) in [6, 6.07) is 0. The normalized spacial score (nSPS) is 56.5. The second-order valence-electron chi connectivity index (χ2n) is 8.73. The van der Waals surface area contributed by atoms with Crippen molar-refractivity contribution in [2.24, 2.45) is 22.2 Å². The van der Waals surface area contributed by atoms with Gasteiger partial charge in [0, 0.05) is 12.5 Å². The van der Waals surface area contributed by atoms with E-state index >= 15 is 0 Å². The molecule has 5 rings (SSSR count). The molecular weight excluding hydrogens is 409 g/mol. The Balaban J connectivity index is 1.69. The highest BCUT2D eigenvalue weighted by atomic mass is 35.5. The van der Waals surface area contributed by atoms with Gasteiger partial charge in [0.1, 0.15) is 9.17 Å². The molecule has 0 aromatic rings.